The van der Waals surface area contributed by atoms with Crippen molar-refractivity contribution in [3.05, 3.63) is 11.8 Å². The number of rotatable bonds is 3. The lowest BCUT2D eigenvalue weighted by molar-refractivity contribution is 0.00463. The highest BCUT2D eigenvalue weighted by Gasteiger charge is 2.19. The Morgan fingerprint density at radius 2 is 2.42 bits per heavy atom. The van der Waals surface area contributed by atoms with Gasteiger partial charge >= 0.3 is 6.03 Å². The molecule has 0 saturated carbocycles. The molecule has 0 radical (unpaired) electrons. The Bertz CT molecular complexity index is 438. The molecule has 0 aromatic carbocycles. The summed E-state index contributed by atoms with van der Waals surface area (Å²) in [5.41, 5.74) is 0.885. The van der Waals surface area contributed by atoms with Gasteiger partial charge in [0.05, 0.1) is 11.8 Å². The minimum Gasteiger partial charge on any atom is -0.376 e. The van der Waals surface area contributed by atoms with Crippen molar-refractivity contribution >= 4 is 11.8 Å². The number of ether oxygens (including phenoxy) is 1. The molecule has 1 unspecified atom stereocenters. The van der Waals surface area contributed by atoms with Gasteiger partial charge < -0.3 is 9.64 Å². The summed E-state index contributed by atoms with van der Waals surface area (Å²) < 4.78 is 7.30. The fourth-order valence-electron chi connectivity index (χ4n) is 2.27. The first-order valence-electron chi connectivity index (χ1n) is 6.70. The molecule has 1 aromatic rings. The minimum atomic E-state index is -0.128. The number of hydrogen-bond acceptors (Lipinski definition) is 3. The van der Waals surface area contributed by atoms with Crippen LogP contribution < -0.4 is 5.32 Å². The zero-order chi connectivity index (χ0) is 13.8. The van der Waals surface area contributed by atoms with Crippen LogP contribution in [0.3, 0.4) is 0 Å². The van der Waals surface area contributed by atoms with Gasteiger partial charge in [0.1, 0.15) is 5.82 Å². The Balaban J connectivity index is 1.86. The zero-order valence-electron chi connectivity index (χ0n) is 11.8. The molecule has 2 rings (SSSR count). The SMILES string of the molecule is Cc1cc(NC(=O)N(C)CC2CCCCO2)n(C)n1. The van der Waals surface area contributed by atoms with E-state index in [1.165, 1.54) is 6.42 Å². The second-order valence-corrected chi connectivity index (χ2v) is 5.09. The van der Waals surface area contributed by atoms with Crippen LogP contribution in [0.5, 0.6) is 0 Å². The number of amides is 2. The minimum absolute atomic E-state index is 0.128. The number of hydrogen-bond donors (Lipinski definition) is 1. The molecule has 2 amide bonds. The monoisotopic (exact) mass is 266 g/mol. The molecule has 0 bridgehead atoms. The van der Waals surface area contributed by atoms with Crippen LogP contribution in [0.15, 0.2) is 6.07 Å². The van der Waals surface area contributed by atoms with Gasteiger partial charge in [-0.1, -0.05) is 0 Å². The maximum Gasteiger partial charge on any atom is 0.322 e. The Morgan fingerprint density at radius 3 is 3.00 bits per heavy atom. The third-order valence-corrected chi connectivity index (χ3v) is 3.34. The molecule has 1 aromatic heterocycles. The average Bonchev–Trinajstić information content (AvgIpc) is 2.69. The fraction of sp³-hybridized carbons (Fsp3) is 0.692. The van der Waals surface area contributed by atoms with Gasteiger partial charge in [-0.2, -0.15) is 5.10 Å². The van der Waals surface area contributed by atoms with E-state index in [1.807, 2.05) is 20.0 Å². The van der Waals surface area contributed by atoms with E-state index in [0.717, 1.165) is 25.1 Å². The predicted octanol–water partition coefficient (Wildman–Crippen LogP) is 1.76. The lowest BCUT2D eigenvalue weighted by Crippen LogP contribution is -2.39. The largest absolute Gasteiger partial charge is 0.376 e. The summed E-state index contributed by atoms with van der Waals surface area (Å²) in [7, 11) is 3.60. The van der Waals surface area contributed by atoms with Crippen molar-refractivity contribution < 1.29 is 9.53 Å². The third kappa shape index (κ3) is 3.70. The topological polar surface area (TPSA) is 59.4 Å². The second kappa shape index (κ2) is 6.06. The normalized spacial score (nSPS) is 19.2. The Labute approximate surface area is 113 Å². The molecule has 0 spiro atoms. The number of carbonyl (C=O) groups is 1. The number of anilines is 1. The first kappa shape index (κ1) is 13.9. The van der Waals surface area contributed by atoms with E-state index in [2.05, 4.69) is 10.4 Å². The van der Waals surface area contributed by atoms with Crippen molar-refractivity contribution in [2.75, 3.05) is 25.5 Å². The molecule has 1 N–H and O–H groups in total. The summed E-state index contributed by atoms with van der Waals surface area (Å²) in [6, 6.07) is 1.72. The van der Waals surface area contributed by atoms with Crippen LogP contribution >= 0.6 is 0 Å². The van der Waals surface area contributed by atoms with Gasteiger partial charge in [-0.05, 0) is 26.2 Å². The van der Waals surface area contributed by atoms with Crippen molar-refractivity contribution in [3.63, 3.8) is 0 Å². The Hall–Kier alpha value is -1.56. The van der Waals surface area contributed by atoms with Crippen LogP contribution in [-0.2, 0) is 11.8 Å². The summed E-state index contributed by atoms with van der Waals surface area (Å²) >= 11 is 0. The molecule has 1 aliphatic heterocycles. The molecule has 19 heavy (non-hydrogen) atoms. The van der Waals surface area contributed by atoms with Crippen molar-refractivity contribution in [2.24, 2.45) is 7.05 Å². The fourth-order valence-corrected chi connectivity index (χ4v) is 2.27. The molecule has 6 nitrogen and oxygen atoms in total. The highest BCUT2D eigenvalue weighted by Crippen LogP contribution is 2.14. The third-order valence-electron chi connectivity index (χ3n) is 3.34. The molecular weight excluding hydrogens is 244 g/mol. The van der Waals surface area contributed by atoms with Gasteiger partial charge in [-0.25, -0.2) is 4.79 Å². The number of nitrogens with zero attached hydrogens (tertiary/aromatic N) is 3. The van der Waals surface area contributed by atoms with Gasteiger partial charge in [0.2, 0.25) is 0 Å². The predicted molar refractivity (Wildman–Crippen MR) is 73.2 cm³/mol. The van der Waals surface area contributed by atoms with Crippen LogP contribution in [0.25, 0.3) is 0 Å². The maximum atomic E-state index is 12.1. The standard InChI is InChI=1S/C13H22N4O2/c1-10-8-12(17(3)15-10)14-13(18)16(2)9-11-6-4-5-7-19-11/h8,11H,4-7,9H2,1-3H3,(H,14,18). The van der Waals surface area contributed by atoms with E-state index < -0.39 is 0 Å². The van der Waals surface area contributed by atoms with Crippen molar-refractivity contribution in [3.8, 4) is 0 Å². The highest BCUT2D eigenvalue weighted by atomic mass is 16.5. The van der Waals surface area contributed by atoms with Crippen LogP contribution in [-0.4, -0.2) is 47.0 Å². The van der Waals surface area contributed by atoms with Crippen LogP contribution in [0.2, 0.25) is 0 Å². The highest BCUT2D eigenvalue weighted by molar-refractivity contribution is 5.88. The Morgan fingerprint density at radius 1 is 1.63 bits per heavy atom. The number of aromatic nitrogens is 2. The second-order valence-electron chi connectivity index (χ2n) is 5.09. The van der Waals surface area contributed by atoms with Crippen molar-refractivity contribution in [2.45, 2.75) is 32.3 Å². The smallest absolute Gasteiger partial charge is 0.322 e. The summed E-state index contributed by atoms with van der Waals surface area (Å²) in [5, 5.41) is 7.05. The van der Waals surface area contributed by atoms with Crippen LogP contribution in [0.4, 0.5) is 10.6 Å². The zero-order valence-corrected chi connectivity index (χ0v) is 11.8. The number of urea groups is 1. The molecule has 0 aliphatic carbocycles. The summed E-state index contributed by atoms with van der Waals surface area (Å²) in [5.74, 6) is 0.707. The van der Waals surface area contributed by atoms with Gasteiger partial charge in [0, 0.05) is 33.3 Å². The molecule has 1 atom stereocenters. The van der Waals surface area contributed by atoms with Crippen molar-refractivity contribution in [1.29, 1.82) is 0 Å². The summed E-state index contributed by atoms with van der Waals surface area (Å²) in [4.78, 5) is 13.7. The van der Waals surface area contributed by atoms with Crippen LogP contribution in [0.1, 0.15) is 25.0 Å². The number of carbonyl (C=O) groups excluding carboxylic acids is 1. The summed E-state index contributed by atoms with van der Waals surface area (Å²) in [6.45, 7) is 3.33. The van der Waals surface area contributed by atoms with Crippen LogP contribution in [0, 0.1) is 6.92 Å². The maximum absolute atomic E-state index is 12.1. The molecule has 1 fully saturated rings. The molecule has 1 aliphatic rings. The van der Waals surface area contributed by atoms with E-state index in [4.69, 9.17) is 4.74 Å². The lowest BCUT2D eigenvalue weighted by atomic mass is 10.1. The molecular formula is C13H22N4O2. The number of aryl methyl sites for hydroxylation is 2. The summed E-state index contributed by atoms with van der Waals surface area (Å²) in [6.07, 6.45) is 3.50. The Kier molecular flexibility index (Phi) is 4.42. The lowest BCUT2D eigenvalue weighted by Gasteiger charge is -2.27. The molecule has 1 saturated heterocycles. The van der Waals surface area contributed by atoms with E-state index in [1.54, 1.807) is 16.6 Å². The average molecular weight is 266 g/mol. The van der Waals surface area contributed by atoms with E-state index >= 15 is 0 Å². The molecule has 2 heterocycles. The van der Waals surface area contributed by atoms with Gasteiger partial charge in [0.15, 0.2) is 0 Å². The first-order valence-corrected chi connectivity index (χ1v) is 6.70. The van der Waals surface area contributed by atoms with Gasteiger partial charge in [-0.15, -0.1) is 0 Å². The molecule has 6 heteroatoms. The van der Waals surface area contributed by atoms with E-state index in [0.29, 0.717) is 12.4 Å². The van der Waals surface area contributed by atoms with Crippen molar-refractivity contribution in [1.82, 2.24) is 14.7 Å². The van der Waals surface area contributed by atoms with E-state index in [-0.39, 0.29) is 12.1 Å². The number of likely N-dealkylation sites (N-methyl/N-ethyl adjacent to an activating group) is 1. The number of nitrogens with one attached hydrogen (secondary N) is 1. The van der Waals surface area contributed by atoms with Gasteiger partial charge in [-0.3, -0.25) is 10.00 Å². The van der Waals surface area contributed by atoms with E-state index in [9.17, 15) is 4.79 Å². The molecule has 106 valence electrons. The quantitative estimate of drug-likeness (QED) is 0.907. The van der Waals surface area contributed by atoms with Gasteiger partial charge in [0.25, 0.3) is 0 Å². The first-order chi connectivity index (χ1) is 9.06.